The third-order valence-corrected chi connectivity index (χ3v) is 3.00. The average molecular weight is 189 g/mol. The number of rotatable bonds is 3. The van der Waals surface area contributed by atoms with Gasteiger partial charge in [-0.15, -0.1) is 0 Å². The van der Waals surface area contributed by atoms with Crippen LogP contribution in [0.2, 0.25) is 0 Å². The van der Waals surface area contributed by atoms with Crippen LogP contribution < -0.4 is 5.73 Å². The van der Waals surface area contributed by atoms with Crippen molar-refractivity contribution in [2.75, 3.05) is 0 Å². The highest BCUT2D eigenvalue weighted by molar-refractivity contribution is 5.76. The van der Waals surface area contributed by atoms with Crippen molar-refractivity contribution in [3.8, 4) is 0 Å². The maximum Gasteiger partial charge on any atom is 0.218 e. The topological polar surface area (TPSA) is 43.1 Å². The lowest BCUT2D eigenvalue weighted by atomic mass is 9.91. The number of aryl methyl sites for hydroxylation is 1. The summed E-state index contributed by atoms with van der Waals surface area (Å²) in [6.45, 7) is 2.07. The van der Waals surface area contributed by atoms with E-state index in [1.54, 1.807) is 0 Å². The Bertz CT molecular complexity index is 366. The van der Waals surface area contributed by atoms with Gasteiger partial charge in [-0.2, -0.15) is 0 Å². The Balaban J connectivity index is 2.26. The van der Waals surface area contributed by atoms with Crippen molar-refractivity contribution < 1.29 is 4.79 Å². The van der Waals surface area contributed by atoms with Gasteiger partial charge >= 0.3 is 0 Å². The van der Waals surface area contributed by atoms with Crippen molar-refractivity contribution >= 4 is 5.91 Å². The predicted octanol–water partition coefficient (Wildman–Crippen LogP) is 1.90. The molecule has 0 radical (unpaired) electrons. The Hall–Kier alpha value is -1.31. The fraction of sp³-hybridized carbons (Fsp3) is 0.417. The van der Waals surface area contributed by atoms with Crippen molar-refractivity contribution in [2.24, 2.45) is 5.73 Å². The lowest BCUT2D eigenvalue weighted by Gasteiger charge is -2.13. The molecular weight excluding hydrogens is 174 g/mol. The molecule has 1 aromatic rings. The third-order valence-electron chi connectivity index (χ3n) is 3.00. The molecule has 1 amide bonds. The smallest absolute Gasteiger partial charge is 0.218 e. The molecule has 0 aromatic heterocycles. The van der Waals surface area contributed by atoms with E-state index in [0.717, 1.165) is 12.8 Å². The van der Waals surface area contributed by atoms with E-state index in [1.165, 1.54) is 11.1 Å². The van der Waals surface area contributed by atoms with Crippen LogP contribution in [0.1, 0.15) is 30.4 Å². The van der Waals surface area contributed by atoms with Gasteiger partial charge in [0.05, 0.1) is 0 Å². The third kappa shape index (κ3) is 1.65. The predicted molar refractivity (Wildman–Crippen MR) is 55.9 cm³/mol. The molecule has 1 saturated carbocycles. The van der Waals surface area contributed by atoms with Crippen LogP contribution in [0.25, 0.3) is 0 Å². The summed E-state index contributed by atoms with van der Waals surface area (Å²) in [5.74, 6) is -0.191. The van der Waals surface area contributed by atoms with Gasteiger partial charge in [0.15, 0.2) is 0 Å². The minimum absolute atomic E-state index is 0.0812. The van der Waals surface area contributed by atoms with Crippen molar-refractivity contribution in [1.29, 1.82) is 0 Å². The van der Waals surface area contributed by atoms with E-state index in [4.69, 9.17) is 5.73 Å². The first-order chi connectivity index (χ1) is 6.62. The van der Waals surface area contributed by atoms with Gasteiger partial charge in [-0.05, 0) is 25.3 Å². The van der Waals surface area contributed by atoms with Crippen LogP contribution in [-0.4, -0.2) is 5.91 Å². The van der Waals surface area contributed by atoms with Gasteiger partial charge in [-0.25, -0.2) is 0 Å². The quantitative estimate of drug-likeness (QED) is 0.775. The van der Waals surface area contributed by atoms with Crippen LogP contribution in [-0.2, 0) is 10.2 Å². The maximum atomic E-state index is 10.9. The molecule has 2 heteroatoms. The molecule has 2 nitrogen and oxygen atoms in total. The SMILES string of the molecule is Cc1cccc(C2(CC(N)=O)CC2)c1. The molecule has 0 bridgehead atoms. The summed E-state index contributed by atoms with van der Waals surface area (Å²) >= 11 is 0. The van der Waals surface area contributed by atoms with Crippen LogP contribution >= 0.6 is 0 Å². The fourth-order valence-electron chi connectivity index (χ4n) is 2.03. The molecule has 0 spiro atoms. The molecule has 14 heavy (non-hydrogen) atoms. The minimum atomic E-state index is -0.191. The number of hydrogen-bond acceptors (Lipinski definition) is 1. The zero-order chi connectivity index (χ0) is 10.2. The number of primary amides is 1. The van der Waals surface area contributed by atoms with E-state index in [2.05, 4.69) is 25.1 Å². The largest absolute Gasteiger partial charge is 0.370 e. The van der Waals surface area contributed by atoms with E-state index in [1.807, 2.05) is 6.07 Å². The van der Waals surface area contributed by atoms with Gasteiger partial charge in [-0.1, -0.05) is 29.8 Å². The molecule has 1 aliphatic rings. The lowest BCUT2D eigenvalue weighted by molar-refractivity contribution is -0.118. The maximum absolute atomic E-state index is 10.9. The normalized spacial score (nSPS) is 17.8. The highest BCUT2D eigenvalue weighted by Gasteiger charge is 2.45. The minimum Gasteiger partial charge on any atom is -0.370 e. The van der Waals surface area contributed by atoms with Gasteiger partial charge in [0, 0.05) is 11.8 Å². The molecule has 0 saturated heterocycles. The molecule has 1 aromatic carbocycles. The molecule has 2 N–H and O–H groups in total. The second-order valence-corrected chi connectivity index (χ2v) is 4.29. The molecule has 2 rings (SSSR count). The highest BCUT2D eigenvalue weighted by Crippen LogP contribution is 2.50. The molecule has 1 aliphatic carbocycles. The van der Waals surface area contributed by atoms with Gasteiger partial charge in [0.2, 0.25) is 5.91 Å². The molecular formula is C12H15NO. The summed E-state index contributed by atoms with van der Waals surface area (Å²) in [5.41, 5.74) is 7.86. The summed E-state index contributed by atoms with van der Waals surface area (Å²) in [7, 11) is 0. The van der Waals surface area contributed by atoms with Crippen LogP contribution in [0.5, 0.6) is 0 Å². The van der Waals surface area contributed by atoms with Crippen LogP contribution in [0, 0.1) is 6.92 Å². The number of benzene rings is 1. The van der Waals surface area contributed by atoms with Gasteiger partial charge in [0.1, 0.15) is 0 Å². The van der Waals surface area contributed by atoms with E-state index in [9.17, 15) is 4.79 Å². The molecule has 1 fully saturated rings. The number of amides is 1. The fourth-order valence-corrected chi connectivity index (χ4v) is 2.03. The monoisotopic (exact) mass is 189 g/mol. The lowest BCUT2D eigenvalue weighted by Crippen LogP contribution is -2.19. The summed E-state index contributed by atoms with van der Waals surface area (Å²) in [4.78, 5) is 10.9. The van der Waals surface area contributed by atoms with Gasteiger partial charge < -0.3 is 5.73 Å². The summed E-state index contributed by atoms with van der Waals surface area (Å²) in [6, 6.07) is 8.38. The second kappa shape index (κ2) is 3.12. The zero-order valence-corrected chi connectivity index (χ0v) is 8.42. The van der Waals surface area contributed by atoms with E-state index in [0.29, 0.717) is 6.42 Å². The Morgan fingerprint density at radius 2 is 2.21 bits per heavy atom. The first-order valence-corrected chi connectivity index (χ1v) is 4.98. The average Bonchev–Trinajstić information content (AvgIpc) is 2.84. The Labute approximate surface area is 84.1 Å². The van der Waals surface area contributed by atoms with Crippen molar-refractivity contribution in [1.82, 2.24) is 0 Å². The van der Waals surface area contributed by atoms with Crippen LogP contribution in [0.3, 0.4) is 0 Å². The first kappa shape index (κ1) is 9.25. The zero-order valence-electron chi connectivity index (χ0n) is 8.42. The van der Waals surface area contributed by atoms with Crippen LogP contribution in [0.15, 0.2) is 24.3 Å². The van der Waals surface area contributed by atoms with Gasteiger partial charge in [0.25, 0.3) is 0 Å². The Morgan fingerprint density at radius 1 is 1.50 bits per heavy atom. The number of carbonyl (C=O) groups is 1. The molecule has 0 heterocycles. The van der Waals surface area contributed by atoms with Crippen molar-refractivity contribution in [2.45, 2.75) is 31.6 Å². The number of carbonyl (C=O) groups excluding carboxylic acids is 1. The standard InChI is InChI=1S/C12H15NO/c1-9-3-2-4-10(7-9)12(5-6-12)8-11(13)14/h2-4,7H,5-6,8H2,1H3,(H2,13,14). The summed E-state index contributed by atoms with van der Waals surface area (Å²) in [6.07, 6.45) is 2.69. The Morgan fingerprint density at radius 3 is 2.71 bits per heavy atom. The second-order valence-electron chi connectivity index (χ2n) is 4.29. The van der Waals surface area contributed by atoms with E-state index in [-0.39, 0.29) is 11.3 Å². The van der Waals surface area contributed by atoms with Crippen molar-refractivity contribution in [3.63, 3.8) is 0 Å². The van der Waals surface area contributed by atoms with E-state index >= 15 is 0 Å². The first-order valence-electron chi connectivity index (χ1n) is 4.98. The van der Waals surface area contributed by atoms with Gasteiger partial charge in [-0.3, -0.25) is 4.79 Å². The molecule has 0 unspecified atom stereocenters. The number of hydrogen-bond donors (Lipinski definition) is 1. The summed E-state index contributed by atoms with van der Waals surface area (Å²) < 4.78 is 0. The molecule has 0 atom stereocenters. The van der Waals surface area contributed by atoms with Crippen molar-refractivity contribution in [3.05, 3.63) is 35.4 Å². The van der Waals surface area contributed by atoms with E-state index < -0.39 is 0 Å². The number of nitrogens with two attached hydrogens (primary N) is 1. The Kier molecular flexibility index (Phi) is 2.06. The highest BCUT2D eigenvalue weighted by atomic mass is 16.1. The molecule has 74 valence electrons. The molecule has 0 aliphatic heterocycles. The summed E-state index contributed by atoms with van der Waals surface area (Å²) in [5, 5.41) is 0. The van der Waals surface area contributed by atoms with Crippen LogP contribution in [0.4, 0.5) is 0 Å².